The molecule has 1 heterocycles. The van der Waals surface area contributed by atoms with Gasteiger partial charge in [-0.15, -0.1) is 0 Å². The lowest BCUT2D eigenvalue weighted by molar-refractivity contribution is -0.382. The summed E-state index contributed by atoms with van der Waals surface area (Å²) in [5, 5.41) is -7.07. The molecule has 1 saturated carbocycles. The smallest absolute Gasteiger partial charge is 0.460 e. The maximum Gasteiger partial charge on any atom is 0.460 e. The second-order valence-electron chi connectivity index (χ2n) is 10.1. The Hall–Kier alpha value is -1.70. The molecule has 3 atom stereocenters. The van der Waals surface area contributed by atoms with Crippen LogP contribution in [0.2, 0.25) is 0 Å². The molecule has 1 fully saturated rings. The zero-order valence-electron chi connectivity index (χ0n) is 22.3. The molecule has 1 aromatic rings. The average molecular weight is 713 g/mol. The quantitative estimate of drug-likeness (QED) is 0.144. The third-order valence-electron chi connectivity index (χ3n) is 7.00. The highest BCUT2D eigenvalue weighted by molar-refractivity contribution is 9.10. The number of hydrogen-bond donors (Lipinski definition) is 0. The van der Waals surface area contributed by atoms with Crippen LogP contribution in [0.5, 0.6) is 17.2 Å². The summed E-state index contributed by atoms with van der Waals surface area (Å²) in [7, 11) is -4.62. The summed E-state index contributed by atoms with van der Waals surface area (Å²) in [4.78, 5) is 0. The van der Waals surface area contributed by atoms with Crippen molar-refractivity contribution in [2.24, 2.45) is 5.92 Å². The number of rotatable bonds is 11. The molecule has 0 saturated heterocycles. The molecule has 0 radical (unpaired) electrons. The maximum absolute atomic E-state index is 14.4. The van der Waals surface area contributed by atoms with Crippen LogP contribution in [0.1, 0.15) is 44.6 Å². The molecule has 1 aliphatic carbocycles. The SMILES string of the molecule is COCOc1c(Br)c(OS(=O)(=O)C(F)(F)C(F)(F)C(F)(F)C(F)(F)F)cc2c1[C@@H]1C[C@H](OCOC)CC[C@H]1C(C)(C)O2. The Labute approximate surface area is 242 Å². The first-order valence-corrected chi connectivity index (χ1v) is 14.2. The van der Waals surface area contributed by atoms with Gasteiger partial charge < -0.3 is 27.9 Å². The average Bonchev–Trinajstić information content (AvgIpc) is 2.86. The number of methoxy groups -OCH3 is 2. The highest BCUT2D eigenvalue weighted by Crippen LogP contribution is 2.59. The van der Waals surface area contributed by atoms with Gasteiger partial charge >= 0.3 is 33.4 Å². The Morgan fingerprint density at radius 1 is 0.976 bits per heavy atom. The molecule has 42 heavy (non-hydrogen) atoms. The summed E-state index contributed by atoms with van der Waals surface area (Å²) in [6.45, 7) is 2.81. The van der Waals surface area contributed by atoms with Crippen molar-refractivity contribution in [1.29, 1.82) is 0 Å². The van der Waals surface area contributed by atoms with Crippen molar-refractivity contribution >= 4 is 26.0 Å². The van der Waals surface area contributed by atoms with Crippen LogP contribution in [0.4, 0.5) is 39.5 Å². The fraction of sp³-hybridized carbons (Fsp3) is 0.739. The lowest BCUT2D eigenvalue weighted by atomic mass is 9.66. The Kier molecular flexibility index (Phi) is 9.66. The van der Waals surface area contributed by atoms with Gasteiger partial charge in [-0.25, -0.2) is 0 Å². The number of benzene rings is 1. The molecular weight excluding hydrogens is 687 g/mol. The second-order valence-corrected chi connectivity index (χ2v) is 12.5. The van der Waals surface area contributed by atoms with E-state index in [0.717, 1.165) is 0 Å². The van der Waals surface area contributed by atoms with Crippen LogP contribution in [0, 0.1) is 5.92 Å². The molecule has 0 spiro atoms. The molecule has 242 valence electrons. The van der Waals surface area contributed by atoms with Crippen LogP contribution < -0.4 is 13.7 Å². The fourth-order valence-corrected chi connectivity index (χ4v) is 6.55. The van der Waals surface area contributed by atoms with Crippen molar-refractivity contribution in [3.63, 3.8) is 0 Å². The van der Waals surface area contributed by atoms with E-state index in [4.69, 9.17) is 23.7 Å². The number of hydrogen-bond acceptors (Lipinski definition) is 8. The Bertz CT molecular complexity index is 1260. The Balaban J connectivity index is 2.14. The van der Waals surface area contributed by atoms with Crippen LogP contribution in [0.3, 0.4) is 0 Å². The van der Waals surface area contributed by atoms with Crippen LogP contribution in [-0.4, -0.2) is 71.2 Å². The molecule has 2 aliphatic rings. The number of ether oxygens (including phenoxy) is 5. The van der Waals surface area contributed by atoms with E-state index in [9.17, 15) is 47.9 Å². The minimum absolute atomic E-state index is 0.0254. The minimum atomic E-state index is -7.47. The monoisotopic (exact) mass is 712 g/mol. The van der Waals surface area contributed by atoms with Gasteiger partial charge in [0.1, 0.15) is 28.4 Å². The zero-order chi connectivity index (χ0) is 32.1. The van der Waals surface area contributed by atoms with E-state index in [1.807, 2.05) is 0 Å². The van der Waals surface area contributed by atoms with E-state index in [-0.39, 0.29) is 35.9 Å². The first-order chi connectivity index (χ1) is 19.1. The van der Waals surface area contributed by atoms with Crippen molar-refractivity contribution in [2.45, 2.75) is 74.0 Å². The van der Waals surface area contributed by atoms with E-state index in [1.54, 1.807) is 13.8 Å². The summed E-state index contributed by atoms with van der Waals surface area (Å²) >= 11 is 2.90. The van der Waals surface area contributed by atoms with Gasteiger partial charge in [-0.2, -0.15) is 47.9 Å². The lowest BCUT2D eigenvalue weighted by Gasteiger charge is -2.49. The summed E-state index contributed by atoms with van der Waals surface area (Å²) in [5.41, 5.74) is -0.725. The van der Waals surface area contributed by atoms with Gasteiger partial charge in [0, 0.05) is 37.7 Å². The van der Waals surface area contributed by atoms with Crippen LogP contribution >= 0.6 is 15.9 Å². The normalized spacial score (nSPS) is 23.0. The highest BCUT2D eigenvalue weighted by atomic mass is 79.9. The van der Waals surface area contributed by atoms with Crippen molar-refractivity contribution in [3.8, 4) is 17.2 Å². The van der Waals surface area contributed by atoms with Gasteiger partial charge in [-0.3, -0.25) is 0 Å². The van der Waals surface area contributed by atoms with Gasteiger partial charge in [0.15, 0.2) is 12.5 Å². The number of alkyl halides is 9. The molecular formula is C23H26BrF9O8S. The molecule has 1 aliphatic heterocycles. The topological polar surface area (TPSA) is 89.5 Å². The Morgan fingerprint density at radius 2 is 1.57 bits per heavy atom. The minimum Gasteiger partial charge on any atom is -0.487 e. The lowest BCUT2D eigenvalue weighted by Crippen LogP contribution is -2.63. The van der Waals surface area contributed by atoms with Crippen LogP contribution in [-0.2, 0) is 24.3 Å². The van der Waals surface area contributed by atoms with E-state index in [0.29, 0.717) is 25.3 Å². The molecule has 0 N–H and O–H groups in total. The summed E-state index contributed by atoms with van der Waals surface area (Å²) in [5.74, 6) is -17.3. The first-order valence-electron chi connectivity index (χ1n) is 12.0. The van der Waals surface area contributed by atoms with Gasteiger partial charge in [0.05, 0.1) is 6.10 Å². The second kappa shape index (κ2) is 11.7. The predicted octanol–water partition coefficient (Wildman–Crippen LogP) is 6.61. The Morgan fingerprint density at radius 3 is 2.12 bits per heavy atom. The summed E-state index contributed by atoms with van der Waals surface area (Å²) < 4.78 is 176. The highest BCUT2D eigenvalue weighted by Gasteiger charge is 2.86. The van der Waals surface area contributed by atoms with Gasteiger partial charge in [-0.1, -0.05) is 0 Å². The number of halogens is 10. The van der Waals surface area contributed by atoms with E-state index >= 15 is 0 Å². The van der Waals surface area contributed by atoms with E-state index in [1.165, 1.54) is 14.2 Å². The zero-order valence-corrected chi connectivity index (χ0v) is 24.7. The largest absolute Gasteiger partial charge is 0.487 e. The third-order valence-corrected chi connectivity index (χ3v) is 9.03. The van der Waals surface area contributed by atoms with Crippen LogP contribution in [0.25, 0.3) is 0 Å². The van der Waals surface area contributed by atoms with Gasteiger partial charge in [-0.05, 0) is 49.0 Å². The molecule has 1 aromatic carbocycles. The van der Waals surface area contributed by atoms with E-state index < -0.39 is 61.9 Å². The summed E-state index contributed by atoms with van der Waals surface area (Å²) in [6.07, 6.45) is -6.04. The maximum atomic E-state index is 14.4. The molecule has 8 nitrogen and oxygen atoms in total. The van der Waals surface area contributed by atoms with Crippen molar-refractivity contribution in [3.05, 3.63) is 16.1 Å². The van der Waals surface area contributed by atoms with Gasteiger partial charge in [0.25, 0.3) is 0 Å². The van der Waals surface area contributed by atoms with E-state index in [2.05, 4.69) is 20.1 Å². The molecule has 0 bridgehead atoms. The molecule has 3 rings (SSSR count). The van der Waals surface area contributed by atoms with Gasteiger partial charge in [0.2, 0.25) is 0 Å². The first kappa shape index (κ1) is 34.8. The fourth-order valence-electron chi connectivity index (χ4n) is 5.00. The number of fused-ring (bicyclic) bond motifs is 3. The molecule has 19 heteroatoms. The van der Waals surface area contributed by atoms with Crippen molar-refractivity contribution in [1.82, 2.24) is 0 Å². The molecule has 0 aromatic heterocycles. The van der Waals surface area contributed by atoms with Crippen molar-refractivity contribution in [2.75, 3.05) is 27.8 Å². The predicted molar refractivity (Wildman–Crippen MR) is 129 cm³/mol. The van der Waals surface area contributed by atoms with Crippen molar-refractivity contribution < 1.29 is 75.8 Å². The molecule has 0 amide bonds. The standard InChI is InChI=1S/C23H26BrF9O8S/c1-19(2)13-6-5-11(38-9-36-3)7-12(13)16-14(40-19)8-15(17(24)18(16)39-10-37-4)41-42(34,35)23(32,33)21(27,28)20(25,26)22(29,30)31/h8,11-13H,5-7,9-10H2,1-4H3/t11-,12-,13-/m1/s1. The van der Waals surface area contributed by atoms with Crippen LogP contribution in [0.15, 0.2) is 10.5 Å². The molecule has 0 unspecified atom stereocenters. The third kappa shape index (κ3) is 5.87. The summed E-state index contributed by atoms with van der Waals surface area (Å²) in [6, 6.07) is 0.699.